The summed E-state index contributed by atoms with van der Waals surface area (Å²) in [6.07, 6.45) is 5.39. The second-order valence-corrected chi connectivity index (χ2v) is 4.69. The maximum absolute atomic E-state index is 11.5. The van der Waals surface area contributed by atoms with Gasteiger partial charge < -0.3 is 15.5 Å². The van der Waals surface area contributed by atoms with Crippen LogP contribution in [0.25, 0.3) is 0 Å². The van der Waals surface area contributed by atoms with E-state index in [1.807, 2.05) is 27.0 Å². The Morgan fingerprint density at radius 2 is 2.05 bits per heavy atom. The molecule has 1 amide bonds. The van der Waals surface area contributed by atoms with Gasteiger partial charge in [-0.05, 0) is 26.2 Å². The van der Waals surface area contributed by atoms with Gasteiger partial charge in [-0.15, -0.1) is 30.6 Å². The monoisotopic (exact) mass is 410 g/mol. The van der Waals surface area contributed by atoms with E-state index < -0.39 is 0 Å². The standard InChI is InChI=1S/C15H30N4O.HI/c1-5-8-9-13-19(4)15(16-7-3)18-12-10-14(20)17-11-6-2;/h5H,1,6-13H2,2-4H3,(H,16,18)(H,17,20);1H. The number of allylic oxidation sites excluding steroid dienone is 1. The van der Waals surface area contributed by atoms with Gasteiger partial charge in [0.25, 0.3) is 0 Å². The third kappa shape index (κ3) is 12.6. The zero-order valence-corrected chi connectivity index (χ0v) is 16.0. The summed E-state index contributed by atoms with van der Waals surface area (Å²) in [7, 11) is 2.02. The van der Waals surface area contributed by atoms with E-state index in [1.54, 1.807) is 0 Å². The number of hydrogen-bond donors (Lipinski definition) is 2. The number of carbonyl (C=O) groups excluding carboxylic acids is 1. The second-order valence-electron chi connectivity index (χ2n) is 4.69. The van der Waals surface area contributed by atoms with Crippen LogP contribution in [0.3, 0.4) is 0 Å². The lowest BCUT2D eigenvalue weighted by Crippen LogP contribution is -2.39. The number of nitrogens with zero attached hydrogens (tertiary/aromatic N) is 2. The number of rotatable bonds is 10. The van der Waals surface area contributed by atoms with Crippen molar-refractivity contribution in [2.75, 3.05) is 33.2 Å². The molecular formula is C15H31IN4O. The van der Waals surface area contributed by atoms with Crippen molar-refractivity contribution in [1.82, 2.24) is 15.5 Å². The van der Waals surface area contributed by atoms with Gasteiger partial charge in [0.05, 0.1) is 6.54 Å². The van der Waals surface area contributed by atoms with Crippen molar-refractivity contribution in [2.24, 2.45) is 4.99 Å². The van der Waals surface area contributed by atoms with Crippen LogP contribution in [0, 0.1) is 0 Å². The smallest absolute Gasteiger partial charge is 0.221 e. The van der Waals surface area contributed by atoms with Crippen LogP contribution in [-0.4, -0.2) is 50.0 Å². The van der Waals surface area contributed by atoms with E-state index in [2.05, 4.69) is 27.1 Å². The minimum atomic E-state index is 0. The topological polar surface area (TPSA) is 56.7 Å². The molecule has 0 aliphatic heterocycles. The zero-order chi connectivity index (χ0) is 15.2. The molecule has 0 atom stereocenters. The predicted octanol–water partition coefficient (Wildman–Crippen LogP) is 2.38. The van der Waals surface area contributed by atoms with Crippen molar-refractivity contribution in [3.8, 4) is 0 Å². The maximum atomic E-state index is 11.5. The van der Waals surface area contributed by atoms with Crippen LogP contribution in [0.1, 0.15) is 39.5 Å². The third-order valence-electron chi connectivity index (χ3n) is 2.77. The molecule has 2 N–H and O–H groups in total. The van der Waals surface area contributed by atoms with Crippen LogP contribution in [-0.2, 0) is 4.79 Å². The van der Waals surface area contributed by atoms with Crippen LogP contribution in [0.2, 0.25) is 0 Å². The van der Waals surface area contributed by atoms with Gasteiger partial charge in [0.1, 0.15) is 0 Å². The van der Waals surface area contributed by atoms with Gasteiger partial charge in [-0.1, -0.05) is 13.0 Å². The fourth-order valence-electron chi connectivity index (χ4n) is 1.66. The number of amides is 1. The molecule has 0 bridgehead atoms. The number of nitrogens with one attached hydrogen (secondary N) is 2. The Bertz CT molecular complexity index is 308. The minimum Gasteiger partial charge on any atom is -0.357 e. The first-order chi connectivity index (χ1) is 9.65. The molecule has 0 saturated carbocycles. The average Bonchev–Trinajstić information content (AvgIpc) is 2.44. The highest BCUT2D eigenvalue weighted by atomic mass is 127. The van der Waals surface area contributed by atoms with E-state index in [4.69, 9.17) is 0 Å². The molecular weight excluding hydrogens is 379 g/mol. The van der Waals surface area contributed by atoms with Gasteiger partial charge in [0.15, 0.2) is 5.96 Å². The van der Waals surface area contributed by atoms with E-state index in [0.29, 0.717) is 13.0 Å². The highest BCUT2D eigenvalue weighted by Crippen LogP contribution is 1.95. The lowest BCUT2D eigenvalue weighted by atomic mass is 10.3. The zero-order valence-electron chi connectivity index (χ0n) is 13.7. The summed E-state index contributed by atoms with van der Waals surface area (Å²) in [5, 5.41) is 6.10. The molecule has 124 valence electrons. The normalized spacial score (nSPS) is 10.5. The van der Waals surface area contributed by atoms with Crippen LogP contribution in [0.4, 0.5) is 0 Å². The SMILES string of the molecule is C=CCCCN(C)C(=NCCC(=O)NCCC)NCC.I. The quantitative estimate of drug-likeness (QED) is 0.191. The van der Waals surface area contributed by atoms with Crippen molar-refractivity contribution in [2.45, 2.75) is 39.5 Å². The summed E-state index contributed by atoms with van der Waals surface area (Å²) in [5.41, 5.74) is 0. The molecule has 0 heterocycles. The molecule has 0 spiro atoms. The Kier molecular flexibility index (Phi) is 16.7. The molecule has 0 saturated heterocycles. The minimum absolute atomic E-state index is 0. The number of aliphatic imine (C=N–C) groups is 1. The molecule has 0 aromatic carbocycles. The van der Waals surface area contributed by atoms with Crippen molar-refractivity contribution >= 4 is 35.8 Å². The van der Waals surface area contributed by atoms with Crippen molar-refractivity contribution < 1.29 is 4.79 Å². The molecule has 0 aliphatic rings. The Morgan fingerprint density at radius 1 is 1.33 bits per heavy atom. The first-order valence-electron chi connectivity index (χ1n) is 7.52. The molecule has 0 unspecified atom stereocenters. The molecule has 0 aromatic rings. The Balaban J connectivity index is 0. The maximum Gasteiger partial charge on any atom is 0.221 e. The van der Waals surface area contributed by atoms with E-state index in [1.165, 1.54) is 0 Å². The molecule has 0 fully saturated rings. The molecule has 0 radical (unpaired) electrons. The summed E-state index contributed by atoms with van der Waals surface area (Å²) in [4.78, 5) is 18.1. The molecule has 0 aromatic heterocycles. The fourth-order valence-corrected chi connectivity index (χ4v) is 1.66. The first-order valence-corrected chi connectivity index (χ1v) is 7.52. The summed E-state index contributed by atoms with van der Waals surface area (Å²) in [6, 6.07) is 0. The van der Waals surface area contributed by atoms with Gasteiger partial charge in [-0.2, -0.15) is 0 Å². The summed E-state index contributed by atoms with van der Waals surface area (Å²) in [5.74, 6) is 0.931. The van der Waals surface area contributed by atoms with Crippen LogP contribution in [0.15, 0.2) is 17.6 Å². The molecule has 0 rings (SSSR count). The van der Waals surface area contributed by atoms with Crippen molar-refractivity contribution in [3.63, 3.8) is 0 Å². The summed E-state index contributed by atoms with van der Waals surface area (Å²) in [6.45, 7) is 10.8. The predicted molar refractivity (Wildman–Crippen MR) is 101 cm³/mol. The summed E-state index contributed by atoms with van der Waals surface area (Å²) < 4.78 is 0. The Morgan fingerprint density at radius 3 is 2.62 bits per heavy atom. The number of hydrogen-bond acceptors (Lipinski definition) is 2. The van der Waals surface area contributed by atoms with Crippen molar-refractivity contribution in [1.29, 1.82) is 0 Å². The summed E-state index contributed by atoms with van der Waals surface area (Å²) >= 11 is 0. The molecule has 5 nitrogen and oxygen atoms in total. The number of unbranched alkanes of at least 4 members (excludes halogenated alkanes) is 1. The highest BCUT2D eigenvalue weighted by molar-refractivity contribution is 14.0. The van der Waals surface area contributed by atoms with Crippen LogP contribution >= 0.6 is 24.0 Å². The van der Waals surface area contributed by atoms with E-state index in [0.717, 1.165) is 44.9 Å². The largest absolute Gasteiger partial charge is 0.357 e. The number of halogens is 1. The third-order valence-corrected chi connectivity index (χ3v) is 2.77. The van der Waals surface area contributed by atoms with Crippen LogP contribution < -0.4 is 10.6 Å². The van der Waals surface area contributed by atoms with Crippen LogP contribution in [0.5, 0.6) is 0 Å². The van der Waals surface area contributed by atoms with Gasteiger partial charge >= 0.3 is 0 Å². The number of carbonyl (C=O) groups is 1. The van der Waals surface area contributed by atoms with Gasteiger partial charge in [0, 0.05) is 33.1 Å². The van der Waals surface area contributed by atoms with E-state index >= 15 is 0 Å². The fraction of sp³-hybridized carbons (Fsp3) is 0.733. The van der Waals surface area contributed by atoms with E-state index in [-0.39, 0.29) is 29.9 Å². The van der Waals surface area contributed by atoms with Gasteiger partial charge in [-0.3, -0.25) is 9.79 Å². The Labute approximate surface area is 146 Å². The molecule has 6 heteroatoms. The molecule has 0 aliphatic carbocycles. The number of guanidine groups is 1. The molecule has 21 heavy (non-hydrogen) atoms. The average molecular weight is 410 g/mol. The van der Waals surface area contributed by atoms with Gasteiger partial charge in [-0.25, -0.2) is 0 Å². The first kappa shape index (κ1) is 22.5. The lowest BCUT2D eigenvalue weighted by Gasteiger charge is -2.21. The van der Waals surface area contributed by atoms with Crippen molar-refractivity contribution in [3.05, 3.63) is 12.7 Å². The lowest BCUT2D eigenvalue weighted by molar-refractivity contribution is -0.120. The van der Waals surface area contributed by atoms with Gasteiger partial charge in [0.2, 0.25) is 5.91 Å². The second kappa shape index (κ2) is 15.6. The highest BCUT2D eigenvalue weighted by Gasteiger charge is 2.05. The van der Waals surface area contributed by atoms with E-state index in [9.17, 15) is 4.79 Å². The Hall–Kier alpha value is -0.790.